The Labute approximate surface area is 85.7 Å². The molecule has 80 valence electrons. The standard InChI is InChI=1S/C12H20O2/c13-8-7-10-4-6-12(14)11(10)5-3-9-1-2-9/h9-11,13H,1-8H2. The Morgan fingerprint density at radius 1 is 1.14 bits per heavy atom. The maximum absolute atomic E-state index is 11.6. The van der Waals surface area contributed by atoms with Crippen LogP contribution >= 0.6 is 0 Å². The summed E-state index contributed by atoms with van der Waals surface area (Å²) < 4.78 is 0. The number of aliphatic hydroxyl groups excluding tert-OH is 1. The van der Waals surface area contributed by atoms with Gasteiger partial charge in [0.25, 0.3) is 0 Å². The third kappa shape index (κ3) is 2.35. The zero-order chi connectivity index (χ0) is 9.97. The number of aliphatic hydroxyl groups is 1. The fourth-order valence-electron chi connectivity index (χ4n) is 2.71. The van der Waals surface area contributed by atoms with E-state index in [0.717, 1.165) is 31.6 Å². The van der Waals surface area contributed by atoms with Crippen molar-refractivity contribution in [3.05, 3.63) is 0 Å². The molecular weight excluding hydrogens is 176 g/mol. The molecule has 2 aliphatic carbocycles. The minimum atomic E-state index is 0.248. The Bertz CT molecular complexity index is 208. The van der Waals surface area contributed by atoms with Gasteiger partial charge < -0.3 is 5.11 Å². The molecule has 14 heavy (non-hydrogen) atoms. The first-order valence-corrected chi connectivity index (χ1v) is 5.95. The molecule has 2 fully saturated rings. The SMILES string of the molecule is O=C1CCC(CCO)C1CCC1CC1. The molecule has 0 heterocycles. The first-order chi connectivity index (χ1) is 6.81. The Hall–Kier alpha value is -0.370. The van der Waals surface area contributed by atoms with Gasteiger partial charge in [0.1, 0.15) is 5.78 Å². The molecule has 0 aromatic carbocycles. The van der Waals surface area contributed by atoms with Crippen molar-refractivity contribution in [3.8, 4) is 0 Å². The van der Waals surface area contributed by atoms with Crippen molar-refractivity contribution in [3.63, 3.8) is 0 Å². The minimum Gasteiger partial charge on any atom is -0.396 e. The van der Waals surface area contributed by atoms with Crippen molar-refractivity contribution in [2.45, 2.75) is 44.9 Å². The second-order valence-electron chi connectivity index (χ2n) is 4.90. The highest BCUT2D eigenvalue weighted by Crippen LogP contribution is 2.40. The van der Waals surface area contributed by atoms with Crippen LogP contribution < -0.4 is 0 Å². The van der Waals surface area contributed by atoms with Gasteiger partial charge in [0.2, 0.25) is 0 Å². The predicted octanol–water partition coefficient (Wildman–Crippen LogP) is 2.15. The lowest BCUT2D eigenvalue weighted by Gasteiger charge is -2.16. The van der Waals surface area contributed by atoms with Crippen molar-refractivity contribution >= 4 is 5.78 Å². The molecule has 0 aromatic heterocycles. The van der Waals surface area contributed by atoms with Crippen LogP contribution in [0.3, 0.4) is 0 Å². The van der Waals surface area contributed by atoms with Gasteiger partial charge in [0.05, 0.1) is 0 Å². The summed E-state index contributed by atoms with van der Waals surface area (Å²) in [5.41, 5.74) is 0. The molecule has 0 radical (unpaired) electrons. The van der Waals surface area contributed by atoms with E-state index in [4.69, 9.17) is 5.11 Å². The van der Waals surface area contributed by atoms with E-state index < -0.39 is 0 Å². The second kappa shape index (κ2) is 4.43. The first-order valence-electron chi connectivity index (χ1n) is 5.95. The van der Waals surface area contributed by atoms with E-state index in [9.17, 15) is 4.79 Å². The van der Waals surface area contributed by atoms with Gasteiger partial charge in [-0.1, -0.05) is 12.8 Å². The van der Waals surface area contributed by atoms with Crippen LogP contribution in [-0.2, 0) is 4.79 Å². The molecule has 2 atom stereocenters. The van der Waals surface area contributed by atoms with Crippen LogP contribution in [0.2, 0.25) is 0 Å². The number of rotatable bonds is 5. The van der Waals surface area contributed by atoms with E-state index in [-0.39, 0.29) is 6.61 Å². The lowest BCUT2D eigenvalue weighted by molar-refractivity contribution is -0.121. The molecule has 0 aromatic rings. The van der Waals surface area contributed by atoms with Crippen molar-refractivity contribution in [1.82, 2.24) is 0 Å². The molecule has 2 aliphatic rings. The van der Waals surface area contributed by atoms with Gasteiger partial charge in [-0.05, 0) is 37.5 Å². The van der Waals surface area contributed by atoms with Crippen LogP contribution in [0.25, 0.3) is 0 Å². The summed E-state index contributed by atoms with van der Waals surface area (Å²) in [4.78, 5) is 11.6. The molecule has 0 bridgehead atoms. The van der Waals surface area contributed by atoms with E-state index in [2.05, 4.69) is 0 Å². The number of Topliss-reactive ketones (excluding diaryl/α,β-unsaturated/α-hetero) is 1. The van der Waals surface area contributed by atoms with Crippen molar-refractivity contribution in [2.75, 3.05) is 6.61 Å². The molecule has 0 spiro atoms. The summed E-state index contributed by atoms with van der Waals surface area (Å²) in [6.45, 7) is 0.248. The van der Waals surface area contributed by atoms with E-state index in [1.54, 1.807) is 0 Å². The lowest BCUT2D eigenvalue weighted by Crippen LogP contribution is -2.16. The van der Waals surface area contributed by atoms with Gasteiger partial charge in [-0.3, -0.25) is 4.79 Å². The normalized spacial score (nSPS) is 32.5. The van der Waals surface area contributed by atoms with E-state index in [1.807, 2.05) is 0 Å². The summed E-state index contributed by atoms with van der Waals surface area (Å²) in [5.74, 6) is 2.18. The van der Waals surface area contributed by atoms with Gasteiger partial charge in [-0.25, -0.2) is 0 Å². The summed E-state index contributed by atoms with van der Waals surface area (Å²) in [6, 6.07) is 0. The van der Waals surface area contributed by atoms with Crippen LogP contribution in [0, 0.1) is 17.8 Å². The van der Waals surface area contributed by atoms with Gasteiger partial charge >= 0.3 is 0 Å². The van der Waals surface area contributed by atoms with Crippen LogP contribution in [0.15, 0.2) is 0 Å². The molecular formula is C12H20O2. The van der Waals surface area contributed by atoms with Crippen LogP contribution in [0.4, 0.5) is 0 Å². The molecule has 0 amide bonds. The summed E-state index contributed by atoms with van der Waals surface area (Å²) in [6.07, 6.45) is 7.72. The zero-order valence-corrected chi connectivity index (χ0v) is 8.74. The molecule has 0 aliphatic heterocycles. The van der Waals surface area contributed by atoms with Crippen molar-refractivity contribution in [2.24, 2.45) is 17.8 Å². The molecule has 2 heteroatoms. The molecule has 1 N–H and O–H groups in total. The topological polar surface area (TPSA) is 37.3 Å². The zero-order valence-electron chi connectivity index (χ0n) is 8.74. The van der Waals surface area contributed by atoms with Gasteiger partial charge in [0.15, 0.2) is 0 Å². The summed E-state index contributed by atoms with van der Waals surface area (Å²) in [5, 5.41) is 8.91. The Kier molecular flexibility index (Phi) is 3.22. The smallest absolute Gasteiger partial charge is 0.136 e. The monoisotopic (exact) mass is 196 g/mol. The van der Waals surface area contributed by atoms with Crippen molar-refractivity contribution < 1.29 is 9.90 Å². The fraction of sp³-hybridized carbons (Fsp3) is 0.917. The maximum Gasteiger partial charge on any atom is 0.136 e. The highest BCUT2D eigenvalue weighted by molar-refractivity contribution is 5.83. The molecule has 2 rings (SSSR count). The second-order valence-corrected chi connectivity index (χ2v) is 4.90. The van der Waals surface area contributed by atoms with E-state index in [0.29, 0.717) is 17.6 Å². The number of carbonyl (C=O) groups excluding carboxylic acids is 1. The Morgan fingerprint density at radius 2 is 1.93 bits per heavy atom. The predicted molar refractivity (Wildman–Crippen MR) is 54.9 cm³/mol. The average molecular weight is 196 g/mol. The minimum absolute atomic E-state index is 0.248. The summed E-state index contributed by atoms with van der Waals surface area (Å²) in [7, 11) is 0. The number of carbonyl (C=O) groups is 1. The number of hydrogen-bond acceptors (Lipinski definition) is 2. The van der Waals surface area contributed by atoms with Gasteiger partial charge in [-0.2, -0.15) is 0 Å². The van der Waals surface area contributed by atoms with Crippen LogP contribution in [0.5, 0.6) is 0 Å². The van der Waals surface area contributed by atoms with Crippen molar-refractivity contribution in [1.29, 1.82) is 0 Å². The van der Waals surface area contributed by atoms with Crippen LogP contribution in [-0.4, -0.2) is 17.5 Å². The number of hydrogen-bond donors (Lipinski definition) is 1. The third-order valence-corrected chi connectivity index (χ3v) is 3.83. The quantitative estimate of drug-likeness (QED) is 0.731. The largest absolute Gasteiger partial charge is 0.396 e. The Morgan fingerprint density at radius 3 is 2.57 bits per heavy atom. The Balaban J connectivity index is 1.80. The van der Waals surface area contributed by atoms with Gasteiger partial charge in [-0.15, -0.1) is 0 Å². The summed E-state index contributed by atoms with van der Waals surface area (Å²) >= 11 is 0. The first kappa shape index (κ1) is 10.2. The maximum atomic E-state index is 11.6. The van der Waals surface area contributed by atoms with E-state index in [1.165, 1.54) is 19.3 Å². The molecule has 2 saturated carbocycles. The van der Waals surface area contributed by atoms with Crippen LogP contribution in [0.1, 0.15) is 44.9 Å². The lowest BCUT2D eigenvalue weighted by atomic mass is 9.88. The molecule has 2 nitrogen and oxygen atoms in total. The highest BCUT2D eigenvalue weighted by atomic mass is 16.3. The average Bonchev–Trinajstić information content (AvgIpc) is 2.93. The van der Waals surface area contributed by atoms with E-state index >= 15 is 0 Å². The third-order valence-electron chi connectivity index (χ3n) is 3.83. The number of ketones is 1. The molecule has 2 unspecified atom stereocenters. The fourth-order valence-corrected chi connectivity index (χ4v) is 2.71. The molecule has 0 saturated heterocycles. The highest BCUT2D eigenvalue weighted by Gasteiger charge is 2.35. The van der Waals surface area contributed by atoms with Gasteiger partial charge in [0, 0.05) is 18.9 Å².